The number of nitrogen functional groups attached to an aromatic ring is 1. The van der Waals surface area contributed by atoms with Gasteiger partial charge in [0.15, 0.2) is 4.34 Å². The molecular formula is C20H19N5O3S2. The fourth-order valence-corrected chi connectivity index (χ4v) is 5.45. The van der Waals surface area contributed by atoms with Gasteiger partial charge < -0.3 is 14.6 Å². The van der Waals surface area contributed by atoms with E-state index in [1.165, 1.54) is 23.1 Å². The van der Waals surface area contributed by atoms with Gasteiger partial charge in [-0.2, -0.15) is 5.10 Å². The van der Waals surface area contributed by atoms with Crippen LogP contribution in [0.2, 0.25) is 0 Å². The van der Waals surface area contributed by atoms with E-state index in [2.05, 4.69) is 10.2 Å². The van der Waals surface area contributed by atoms with E-state index >= 15 is 0 Å². The molecule has 0 aromatic carbocycles. The summed E-state index contributed by atoms with van der Waals surface area (Å²) in [5.74, 6) is 1.73. The first-order valence-corrected chi connectivity index (χ1v) is 11.4. The third-order valence-corrected chi connectivity index (χ3v) is 7.06. The minimum absolute atomic E-state index is 0.0947. The number of carbonyl (C=O) groups is 1. The minimum Gasteiger partial charge on any atom is -0.467 e. The van der Waals surface area contributed by atoms with E-state index in [0.717, 1.165) is 42.1 Å². The van der Waals surface area contributed by atoms with Gasteiger partial charge in [0, 0.05) is 5.92 Å². The molecule has 10 heteroatoms. The maximum Gasteiger partial charge on any atom is 0.253 e. The fourth-order valence-electron chi connectivity index (χ4n) is 3.96. The van der Waals surface area contributed by atoms with Crippen molar-refractivity contribution >= 4 is 45.9 Å². The van der Waals surface area contributed by atoms with Crippen LogP contribution in [0.3, 0.4) is 0 Å². The Balaban J connectivity index is 1.44. The summed E-state index contributed by atoms with van der Waals surface area (Å²) >= 11 is 2.58. The van der Waals surface area contributed by atoms with Crippen LogP contribution in [0, 0.1) is 5.92 Å². The number of nitrogens with zero attached hydrogens (tertiary/aromatic N) is 4. The van der Waals surface area contributed by atoms with Crippen LogP contribution in [0.15, 0.2) is 60.6 Å². The lowest BCUT2D eigenvalue weighted by Gasteiger charge is -2.27. The average molecular weight is 442 g/mol. The third-order valence-electron chi connectivity index (χ3n) is 5.19. The molecule has 8 nitrogen and oxygen atoms in total. The van der Waals surface area contributed by atoms with Crippen LogP contribution < -0.4 is 5.73 Å². The maximum atomic E-state index is 13.1. The highest BCUT2D eigenvalue weighted by Crippen LogP contribution is 2.44. The standard InChI is InChI=1S/C20H19N5O3S2/c21-19-22-23-20(30-19)29-11-16(26)25-18(15-7-3-9-28-15)14-6-1-4-12(17(14)24-25)10-13-5-2-8-27-13/h2-3,5,7-10,14,18H,1,4,6,11H2,(H2,21,22)/b12-10-/t14-,18-/m1/s1. The van der Waals surface area contributed by atoms with E-state index in [9.17, 15) is 4.79 Å². The zero-order chi connectivity index (χ0) is 20.5. The molecule has 30 heavy (non-hydrogen) atoms. The minimum atomic E-state index is -0.247. The molecule has 1 fully saturated rings. The Morgan fingerprint density at radius 1 is 1.30 bits per heavy atom. The van der Waals surface area contributed by atoms with Crippen molar-refractivity contribution in [2.75, 3.05) is 11.5 Å². The van der Waals surface area contributed by atoms with Gasteiger partial charge in [-0.1, -0.05) is 23.1 Å². The largest absolute Gasteiger partial charge is 0.467 e. The summed E-state index contributed by atoms with van der Waals surface area (Å²) in [6, 6.07) is 7.29. The van der Waals surface area contributed by atoms with Crippen molar-refractivity contribution in [1.29, 1.82) is 0 Å². The molecule has 2 atom stereocenters. The normalized spacial score (nSPS) is 22.3. The van der Waals surface area contributed by atoms with Crippen LogP contribution in [-0.2, 0) is 4.79 Å². The highest BCUT2D eigenvalue weighted by Gasteiger charge is 2.45. The topological polar surface area (TPSA) is 111 Å². The van der Waals surface area contributed by atoms with E-state index in [4.69, 9.17) is 19.7 Å². The summed E-state index contributed by atoms with van der Waals surface area (Å²) in [6.45, 7) is 0. The predicted octanol–water partition coefficient (Wildman–Crippen LogP) is 4.22. The second-order valence-electron chi connectivity index (χ2n) is 7.06. The molecule has 0 unspecified atom stereocenters. The summed E-state index contributed by atoms with van der Waals surface area (Å²) in [6.07, 6.45) is 8.19. The second kappa shape index (κ2) is 8.11. The third kappa shape index (κ3) is 3.68. The summed E-state index contributed by atoms with van der Waals surface area (Å²) in [5.41, 5.74) is 7.68. The molecular weight excluding hydrogens is 422 g/mol. The molecule has 3 aromatic rings. The number of nitrogens with two attached hydrogens (primary N) is 1. The van der Waals surface area contributed by atoms with Gasteiger partial charge in [0.2, 0.25) is 5.13 Å². The van der Waals surface area contributed by atoms with Crippen molar-refractivity contribution in [3.8, 4) is 0 Å². The maximum absolute atomic E-state index is 13.1. The Hall–Kier alpha value is -2.85. The molecule has 1 aliphatic carbocycles. The van der Waals surface area contributed by atoms with E-state index in [0.29, 0.717) is 9.47 Å². The van der Waals surface area contributed by atoms with Crippen molar-refractivity contribution in [2.45, 2.75) is 29.6 Å². The molecule has 2 N–H and O–H groups in total. The second-order valence-corrected chi connectivity index (χ2v) is 9.29. The lowest BCUT2D eigenvalue weighted by atomic mass is 9.79. The fraction of sp³-hybridized carbons (Fsp3) is 0.300. The van der Waals surface area contributed by atoms with Gasteiger partial charge in [-0.15, -0.1) is 10.2 Å². The Kier molecular flexibility index (Phi) is 5.17. The van der Waals surface area contributed by atoms with Crippen molar-refractivity contribution in [2.24, 2.45) is 11.0 Å². The number of aromatic nitrogens is 2. The molecule has 0 spiro atoms. The molecule has 0 radical (unpaired) electrons. The van der Waals surface area contributed by atoms with Crippen LogP contribution in [0.5, 0.6) is 0 Å². The molecule has 5 rings (SSSR count). The van der Waals surface area contributed by atoms with Crippen molar-refractivity contribution in [3.05, 3.63) is 53.9 Å². The number of allylic oxidation sites excluding steroid dienone is 1. The summed E-state index contributed by atoms with van der Waals surface area (Å²) in [5, 5.41) is 14.5. The first-order valence-electron chi connectivity index (χ1n) is 9.59. The number of hydrazone groups is 1. The Morgan fingerprint density at radius 2 is 2.17 bits per heavy atom. The van der Waals surface area contributed by atoms with Crippen molar-refractivity contribution in [1.82, 2.24) is 15.2 Å². The summed E-state index contributed by atoms with van der Waals surface area (Å²) < 4.78 is 11.9. The summed E-state index contributed by atoms with van der Waals surface area (Å²) in [7, 11) is 0. The zero-order valence-electron chi connectivity index (χ0n) is 15.9. The van der Waals surface area contributed by atoms with Crippen LogP contribution >= 0.6 is 23.1 Å². The molecule has 1 aliphatic heterocycles. The number of anilines is 1. The van der Waals surface area contributed by atoms with Crippen LogP contribution in [-0.4, -0.2) is 32.6 Å². The molecule has 3 aromatic heterocycles. The molecule has 0 saturated heterocycles. The number of amides is 1. The monoisotopic (exact) mass is 441 g/mol. The van der Waals surface area contributed by atoms with Crippen LogP contribution in [0.4, 0.5) is 5.13 Å². The van der Waals surface area contributed by atoms with Crippen LogP contribution in [0.1, 0.15) is 36.8 Å². The summed E-state index contributed by atoms with van der Waals surface area (Å²) in [4.78, 5) is 13.1. The molecule has 1 saturated carbocycles. The molecule has 0 bridgehead atoms. The number of furan rings is 2. The van der Waals surface area contributed by atoms with Gasteiger partial charge in [0.1, 0.15) is 17.6 Å². The Labute approximate surface area is 180 Å². The number of rotatable bonds is 5. The molecule has 154 valence electrons. The Bertz CT molecular complexity index is 1090. The van der Waals surface area contributed by atoms with E-state index < -0.39 is 0 Å². The van der Waals surface area contributed by atoms with Gasteiger partial charge in [-0.3, -0.25) is 4.79 Å². The van der Waals surface area contributed by atoms with Gasteiger partial charge >= 0.3 is 0 Å². The highest BCUT2D eigenvalue weighted by atomic mass is 32.2. The van der Waals surface area contributed by atoms with E-state index in [1.54, 1.807) is 17.5 Å². The Morgan fingerprint density at radius 3 is 2.90 bits per heavy atom. The quantitative estimate of drug-likeness (QED) is 0.590. The van der Waals surface area contributed by atoms with Gasteiger partial charge in [-0.25, -0.2) is 5.01 Å². The number of carbonyl (C=O) groups excluding carboxylic acids is 1. The predicted molar refractivity (Wildman–Crippen MR) is 115 cm³/mol. The van der Waals surface area contributed by atoms with Crippen LogP contribution in [0.25, 0.3) is 6.08 Å². The van der Waals surface area contributed by atoms with Gasteiger partial charge in [0.25, 0.3) is 5.91 Å². The molecule has 1 amide bonds. The lowest BCUT2D eigenvalue weighted by Crippen LogP contribution is -2.32. The van der Waals surface area contributed by atoms with Crippen molar-refractivity contribution in [3.63, 3.8) is 0 Å². The molecule has 2 aliphatic rings. The zero-order valence-corrected chi connectivity index (χ0v) is 17.6. The number of hydrogen-bond donors (Lipinski definition) is 1. The first kappa shape index (κ1) is 19.1. The number of hydrogen-bond acceptors (Lipinski definition) is 9. The van der Waals surface area contributed by atoms with Crippen molar-refractivity contribution < 1.29 is 13.6 Å². The average Bonchev–Trinajstić information content (AvgIpc) is 3.52. The molecule has 4 heterocycles. The van der Waals surface area contributed by atoms with E-state index in [1.807, 2.05) is 30.3 Å². The highest BCUT2D eigenvalue weighted by molar-refractivity contribution is 8.01. The number of fused-ring (bicyclic) bond motifs is 1. The SMILES string of the molecule is Nc1nnc(SCC(=O)N2N=C3/C(=C\c4ccco4)CCC[C@H]3[C@@H]2c2ccco2)s1. The smallest absolute Gasteiger partial charge is 0.253 e. The first-order chi connectivity index (χ1) is 14.7. The number of thioether (sulfide) groups is 1. The van der Waals surface area contributed by atoms with Gasteiger partial charge in [0.05, 0.1) is 24.0 Å². The van der Waals surface area contributed by atoms with Gasteiger partial charge in [-0.05, 0) is 55.2 Å². The lowest BCUT2D eigenvalue weighted by molar-refractivity contribution is -0.131. The van der Waals surface area contributed by atoms with E-state index in [-0.39, 0.29) is 23.6 Å².